The summed E-state index contributed by atoms with van der Waals surface area (Å²) >= 11 is 0. The lowest BCUT2D eigenvalue weighted by molar-refractivity contribution is 0.399. The summed E-state index contributed by atoms with van der Waals surface area (Å²) in [5.74, 6) is 0. The molecular weight excluding hydrogens is 237 g/mol. The molecule has 1 aromatic carbocycles. The van der Waals surface area contributed by atoms with E-state index < -0.39 is 0 Å². The van der Waals surface area contributed by atoms with E-state index >= 15 is 0 Å². The molecule has 0 saturated heterocycles. The van der Waals surface area contributed by atoms with E-state index in [9.17, 15) is 0 Å². The number of nitrogens with zero attached hydrogens (tertiary/aromatic N) is 1. The van der Waals surface area contributed by atoms with Gasteiger partial charge in [-0.15, -0.1) is 0 Å². The minimum Gasteiger partial charge on any atom is -0.257 e. The van der Waals surface area contributed by atoms with Crippen molar-refractivity contribution in [3.63, 3.8) is 0 Å². The van der Waals surface area contributed by atoms with Gasteiger partial charge in [0.05, 0.1) is 5.44 Å². The van der Waals surface area contributed by atoms with E-state index in [-0.39, 0.29) is 5.41 Å². The Hall–Kier alpha value is -1.20. The van der Waals surface area contributed by atoms with Crippen LogP contribution in [0.4, 0.5) is 0 Å². The molecule has 2 aromatic rings. The third kappa shape index (κ3) is 3.40. The van der Waals surface area contributed by atoms with Crippen LogP contribution in [0.15, 0.2) is 54.7 Å². The van der Waals surface area contributed by atoms with Crippen LogP contribution in [0, 0.1) is 5.41 Å². The Labute approximate surface area is 111 Å². The fraction of sp³-hybridized carbons (Fsp3) is 0.312. The lowest BCUT2D eigenvalue weighted by atomic mass is 9.87. The zero-order valence-corrected chi connectivity index (χ0v) is 12.2. The van der Waals surface area contributed by atoms with Gasteiger partial charge in [-0.2, -0.15) is 0 Å². The smallest absolute Gasteiger partial charge is 0.0606 e. The summed E-state index contributed by atoms with van der Waals surface area (Å²) in [6.07, 6.45) is 1.88. The molecule has 2 atom stereocenters. The van der Waals surface area contributed by atoms with Gasteiger partial charge in [-0.25, -0.2) is 0 Å². The first kappa shape index (κ1) is 13.2. The van der Waals surface area contributed by atoms with Crippen LogP contribution in [0.3, 0.4) is 0 Å². The van der Waals surface area contributed by atoms with Gasteiger partial charge in [-0.3, -0.25) is 4.98 Å². The minimum atomic E-state index is 0.247. The van der Waals surface area contributed by atoms with Gasteiger partial charge in [0.1, 0.15) is 0 Å². The molecule has 0 aliphatic rings. The molecule has 0 amide bonds. The molecule has 2 unspecified atom stereocenters. The number of pyridine rings is 1. The molecule has 1 nitrogen and oxygen atoms in total. The van der Waals surface area contributed by atoms with Crippen LogP contribution in [-0.2, 0) is 0 Å². The monoisotopic (exact) mass is 257 g/mol. The van der Waals surface area contributed by atoms with Gasteiger partial charge < -0.3 is 0 Å². The van der Waals surface area contributed by atoms with E-state index in [2.05, 4.69) is 68.2 Å². The number of aromatic nitrogens is 1. The highest BCUT2D eigenvalue weighted by atomic mass is 31.1. The molecule has 0 fully saturated rings. The molecule has 18 heavy (non-hydrogen) atoms. The average Bonchev–Trinajstić information content (AvgIpc) is 2.37. The van der Waals surface area contributed by atoms with E-state index in [0.717, 1.165) is 0 Å². The van der Waals surface area contributed by atoms with Crippen LogP contribution >= 0.6 is 8.58 Å². The molecule has 0 N–H and O–H groups in total. The molecule has 0 bridgehead atoms. The lowest BCUT2D eigenvalue weighted by Crippen LogP contribution is -2.17. The van der Waals surface area contributed by atoms with Gasteiger partial charge in [0.15, 0.2) is 0 Å². The summed E-state index contributed by atoms with van der Waals surface area (Å²) in [4.78, 5) is 4.47. The fourth-order valence-electron chi connectivity index (χ4n) is 2.04. The van der Waals surface area contributed by atoms with E-state index in [4.69, 9.17) is 0 Å². The van der Waals surface area contributed by atoms with Crippen LogP contribution in [0.2, 0.25) is 0 Å². The largest absolute Gasteiger partial charge is 0.257 e. The quantitative estimate of drug-likeness (QED) is 0.752. The summed E-state index contributed by atoms with van der Waals surface area (Å²) in [7, 11) is 0.713. The number of hydrogen-bond acceptors (Lipinski definition) is 1. The highest BCUT2D eigenvalue weighted by molar-refractivity contribution is 7.47. The molecule has 1 aromatic heterocycles. The Morgan fingerprint density at radius 2 is 1.61 bits per heavy atom. The van der Waals surface area contributed by atoms with Crippen LogP contribution in [0.25, 0.3) is 0 Å². The summed E-state index contributed by atoms with van der Waals surface area (Å²) in [6.45, 7) is 6.92. The van der Waals surface area contributed by atoms with Gasteiger partial charge >= 0.3 is 0 Å². The van der Waals surface area contributed by atoms with Gasteiger partial charge in [0.2, 0.25) is 0 Å². The first-order chi connectivity index (χ1) is 8.57. The number of benzene rings is 1. The highest BCUT2D eigenvalue weighted by Gasteiger charge is 2.26. The predicted octanol–water partition coefficient (Wildman–Crippen LogP) is 4.17. The standard InChI is InChI=1S/C16H20NP/c1-16(2,3)15(13-9-5-4-6-10-13)18-14-11-7-8-12-17-14/h4-12,15,18H,1-3H3. The van der Waals surface area contributed by atoms with Crippen LogP contribution in [-0.4, -0.2) is 4.98 Å². The lowest BCUT2D eigenvalue weighted by Gasteiger charge is -2.31. The maximum Gasteiger partial charge on any atom is 0.0606 e. The first-order valence-corrected chi connectivity index (χ1v) is 7.37. The van der Waals surface area contributed by atoms with E-state index in [1.54, 1.807) is 0 Å². The van der Waals surface area contributed by atoms with Crippen molar-refractivity contribution in [2.75, 3.05) is 0 Å². The van der Waals surface area contributed by atoms with E-state index in [0.29, 0.717) is 14.2 Å². The fourth-order valence-corrected chi connectivity index (χ4v) is 3.47. The second-order valence-electron chi connectivity index (χ2n) is 5.57. The van der Waals surface area contributed by atoms with Crippen molar-refractivity contribution in [3.05, 3.63) is 60.3 Å². The SMILES string of the molecule is CC(C)(C)C(Pc1ccccn1)c1ccccc1. The Bertz CT molecular complexity index is 473. The van der Waals surface area contributed by atoms with Crippen molar-refractivity contribution < 1.29 is 0 Å². The van der Waals surface area contributed by atoms with Crippen LogP contribution < -0.4 is 5.44 Å². The summed E-state index contributed by atoms with van der Waals surface area (Å²) < 4.78 is 0. The van der Waals surface area contributed by atoms with Gasteiger partial charge in [-0.1, -0.05) is 65.8 Å². The Balaban J connectivity index is 2.28. The Morgan fingerprint density at radius 3 is 2.17 bits per heavy atom. The molecule has 0 spiro atoms. The minimum absolute atomic E-state index is 0.247. The molecule has 1 heterocycles. The maximum atomic E-state index is 4.47. The maximum absolute atomic E-state index is 4.47. The summed E-state index contributed by atoms with van der Waals surface area (Å²) in [6, 6.07) is 16.9. The number of rotatable bonds is 3. The topological polar surface area (TPSA) is 12.9 Å². The third-order valence-electron chi connectivity index (χ3n) is 2.96. The average molecular weight is 257 g/mol. The van der Waals surface area contributed by atoms with Crippen molar-refractivity contribution in [1.82, 2.24) is 4.98 Å². The zero-order chi connectivity index (χ0) is 13.0. The zero-order valence-electron chi connectivity index (χ0n) is 11.2. The first-order valence-electron chi connectivity index (χ1n) is 6.30. The summed E-state index contributed by atoms with van der Waals surface area (Å²) in [5.41, 5.74) is 3.38. The molecule has 2 heteroatoms. The molecule has 0 aliphatic heterocycles. The molecule has 0 saturated carbocycles. The molecule has 94 valence electrons. The second-order valence-corrected chi connectivity index (χ2v) is 6.95. The molecular formula is C16H20NP. The van der Waals surface area contributed by atoms with Gasteiger partial charge in [-0.05, 0) is 23.1 Å². The molecule has 0 radical (unpaired) electrons. The van der Waals surface area contributed by atoms with E-state index in [1.165, 1.54) is 11.0 Å². The van der Waals surface area contributed by atoms with Crippen molar-refractivity contribution >= 4 is 14.0 Å². The normalized spacial score (nSPS) is 13.9. The second kappa shape index (κ2) is 5.63. The molecule has 0 aliphatic carbocycles. The van der Waals surface area contributed by atoms with Crippen molar-refractivity contribution in [3.8, 4) is 0 Å². The van der Waals surface area contributed by atoms with Gasteiger partial charge in [0.25, 0.3) is 0 Å². The predicted molar refractivity (Wildman–Crippen MR) is 80.8 cm³/mol. The van der Waals surface area contributed by atoms with Crippen molar-refractivity contribution in [2.24, 2.45) is 5.41 Å². The summed E-state index contributed by atoms with van der Waals surface area (Å²) in [5, 5.41) is 0. The van der Waals surface area contributed by atoms with Crippen LogP contribution in [0.1, 0.15) is 32.0 Å². The van der Waals surface area contributed by atoms with E-state index in [1.807, 2.05) is 12.3 Å². The van der Waals surface area contributed by atoms with Crippen LogP contribution in [0.5, 0.6) is 0 Å². The van der Waals surface area contributed by atoms with Crippen molar-refractivity contribution in [2.45, 2.75) is 26.4 Å². The Morgan fingerprint density at radius 1 is 0.944 bits per heavy atom. The van der Waals surface area contributed by atoms with Crippen molar-refractivity contribution in [1.29, 1.82) is 0 Å². The molecule has 2 rings (SSSR count). The van der Waals surface area contributed by atoms with Gasteiger partial charge in [0, 0.05) is 11.9 Å². The Kier molecular flexibility index (Phi) is 4.14. The number of hydrogen-bond donors (Lipinski definition) is 0. The third-order valence-corrected chi connectivity index (χ3v) is 5.04. The highest BCUT2D eigenvalue weighted by Crippen LogP contribution is 2.46.